The molecule has 2 saturated carbocycles. The maximum atomic E-state index is 12.6. The Kier molecular flexibility index (Phi) is 3.35. The van der Waals surface area contributed by atoms with Crippen molar-refractivity contribution in [1.82, 2.24) is 4.90 Å². The summed E-state index contributed by atoms with van der Waals surface area (Å²) in [5.41, 5.74) is 6.57. The van der Waals surface area contributed by atoms with Crippen molar-refractivity contribution < 1.29 is 4.79 Å². The Hall–Kier alpha value is -0.930. The van der Waals surface area contributed by atoms with Gasteiger partial charge in [-0.25, -0.2) is 0 Å². The normalized spacial score (nSPS) is 18.4. The topological polar surface area (TPSA) is 46.3 Å². The van der Waals surface area contributed by atoms with Gasteiger partial charge in [0.1, 0.15) is 0 Å². The number of hydrogen-bond donors (Lipinski definition) is 1. The molecule has 3 nitrogen and oxygen atoms in total. The van der Waals surface area contributed by atoms with Crippen LogP contribution in [0.3, 0.4) is 0 Å². The van der Waals surface area contributed by atoms with E-state index in [4.69, 9.17) is 28.9 Å². The molecule has 0 unspecified atom stereocenters. The Bertz CT molecular complexity index is 501. The van der Waals surface area contributed by atoms with E-state index in [1.165, 1.54) is 12.8 Å². The molecule has 1 aromatic carbocycles. The molecule has 0 spiro atoms. The molecule has 2 fully saturated rings. The minimum atomic E-state index is 0.0261. The number of carbonyl (C=O) groups excluding carboxylic acids is 1. The van der Waals surface area contributed by atoms with Crippen molar-refractivity contribution in [2.24, 2.45) is 5.92 Å². The van der Waals surface area contributed by atoms with Gasteiger partial charge in [-0.15, -0.1) is 0 Å². The van der Waals surface area contributed by atoms with Gasteiger partial charge in [0, 0.05) is 18.2 Å². The zero-order valence-electron chi connectivity index (χ0n) is 10.5. The maximum Gasteiger partial charge on any atom is 0.254 e. The Labute approximate surface area is 122 Å². The summed E-state index contributed by atoms with van der Waals surface area (Å²) in [6.45, 7) is 0.864. The Balaban J connectivity index is 1.84. The fraction of sp³-hybridized carbons (Fsp3) is 0.500. The van der Waals surface area contributed by atoms with Crippen molar-refractivity contribution in [1.29, 1.82) is 0 Å². The van der Waals surface area contributed by atoms with Gasteiger partial charge in [0.25, 0.3) is 5.91 Å². The summed E-state index contributed by atoms with van der Waals surface area (Å²) in [4.78, 5) is 14.6. The van der Waals surface area contributed by atoms with Crippen molar-refractivity contribution in [3.05, 3.63) is 27.7 Å². The average Bonchev–Trinajstić information content (AvgIpc) is 3.24. The van der Waals surface area contributed by atoms with Gasteiger partial charge in [0.2, 0.25) is 0 Å². The van der Waals surface area contributed by atoms with Crippen molar-refractivity contribution in [3.63, 3.8) is 0 Å². The molecule has 2 aliphatic rings. The molecule has 1 amide bonds. The van der Waals surface area contributed by atoms with E-state index in [1.54, 1.807) is 12.1 Å². The first-order chi connectivity index (χ1) is 9.06. The lowest BCUT2D eigenvalue weighted by Gasteiger charge is -2.22. The molecule has 0 aliphatic heterocycles. The Morgan fingerprint density at radius 2 is 1.79 bits per heavy atom. The molecule has 2 aliphatic carbocycles. The molecule has 5 heteroatoms. The molecular weight excluding hydrogens is 283 g/mol. The number of nitrogen functional groups attached to an aromatic ring is 1. The van der Waals surface area contributed by atoms with Crippen LogP contribution in [0.4, 0.5) is 5.69 Å². The van der Waals surface area contributed by atoms with E-state index in [1.807, 2.05) is 4.90 Å². The number of carbonyl (C=O) groups is 1. The standard InChI is InChI=1S/C14H16Cl2N2O/c15-11-5-9(6-12(16)13(11)17)14(19)18(10-3-4-10)7-8-1-2-8/h5-6,8,10H,1-4,7,17H2. The third-order valence-electron chi connectivity index (χ3n) is 3.73. The Morgan fingerprint density at radius 3 is 2.26 bits per heavy atom. The number of anilines is 1. The van der Waals surface area contributed by atoms with Gasteiger partial charge in [-0.3, -0.25) is 4.79 Å². The highest BCUT2D eigenvalue weighted by Crippen LogP contribution is 2.36. The fourth-order valence-corrected chi connectivity index (χ4v) is 2.72. The van der Waals surface area contributed by atoms with Gasteiger partial charge in [0.15, 0.2) is 0 Å². The highest BCUT2D eigenvalue weighted by molar-refractivity contribution is 6.39. The predicted octanol–water partition coefficient (Wildman–Crippen LogP) is 3.59. The van der Waals surface area contributed by atoms with Gasteiger partial charge in [-0.1, -0.05) is 23.2 Å². The van der Waals surface area contributed by atoms with Crippen LogP contribution in [-0.4, -0.2) is 23.4 Å². The first kappa shape index (κ1) is 13.1. The molecule has 3 rings (SSSR count). The summed E-state index contributed by atoms with van der Waals surface area (Å²) in [6.07, 6.45) is 4.68. The van der Waals surface area contributed by atoms with Crippen molar-refractivity contribution in [2.45, 2.75) is 31.7 Å². The summed E-state index contributed by atoms with van der Waals surface area (Å²) < 4.78 is 0. The lowest BCUT2D eigenvalue weighted by molar-refractivity contribution is 0.0735. The monoisotopic (exact) mass is 298 g/mol. The smallest absolute Gasteiger partial charge is 0.254 e. The fourth-order valence-electron chi connectivity index (χ4n) is 2.24. The van der Waals surface area contributed by atoms with Crippen molar-refractivity contribution in [3.8, 4) is 0 Å². The highest BCUT2D eigenvalue weighted by Gasteiger charge is 2.37. The van der Waals surface area contributed by atoms with Crippen LogP contribution in [0.25, 0.3) is 0 Å². The van der Waals surface area contributed by atoms with E-state index >= 15 is 0 Å². The van der Waals surface area contributed by atoms with Gasteiger partial charge < -0.3 is 10.6 Å². The van der Waals surface area contributed by atoms with Crippen LogP contribution in [0.5, 0.6) is 0 Å². The summed E-state index contributed by atoms with van der Waals surface area (Å²) >= 11 is 12.0. The predicted molar refractivity (Wildman–Crippen MR) is 77.7 cm³/mol. The molecule has 0 bridgehead atoms. The van der Waals surface area contributed by atoms with Crippen LogP contribution in [0.15, 0.2) is 12.1 Å². The van der Waals surface area contributed by atoms with E-state index in [2.05, 4.69) is 0 Å². The van der Waals surface area contributed by atoms with Gasteiger partial charge in [0.05, 0.1) is 15.7 Å². The molecular formula is C14H16Cl2N2O. The van der Waals surface area contributed by atoms with Crippen LogP contribution >= 0.6 is 23.2 Å². The highest BCUT2D eigenvalue weighted by atomic mass is 35.5. The van der Waals surface area contributed by atoms with Gasteiger partial charge in [-0.2, -0.15) is 0 Å². The van der Waals surface area contributed by atoms with E-state index < -0.39 is 0 Å². The number of benzene rings is 1. The van der Waals surface area contributed by atoms with Crippen molar-refractivity contribution >= 4 is 34.8 Å². The lowest BCUT2D eigenvalue weighted by atomic mass is 10.1. The average molecular weight is 299 g/mol. The maximum absolute atomic E-state index is 12.6. The Morgan fingerprint density at radius 1 is 1.21 bits per heavy atom. The first-order valence-electron chi connectivity index (χ1n) is 6.61. The molecule has 0 atom stereocenters. The summed E-state index contributed by atoms with van der Waals surface area (Å²) in [7, 11) is 0. The zero-order valence-corrected chi connectivity index (χ0v) is 12.0. The largest absolute Gasteiger partial charge is 0.396 e. The summed E-state index contributed by atoms with van der Waals surface area (Å²) in [5.74, 6) is 0.711. The van der Waals surface area contributed by atoms with E-state index in [9.17, 15) is 4.79 Å². The second kappa shape index (κ2) is 4.88. The third-order valence-corrected chi connectivity index (χ3v) is 4.35. The third kappa shape index (κ3) is 2.82. The number of hydrogen-bond acceptors (Lipinski definition) is 2. The molecule has 0 aromatic heterocycles. The number of amides is 1. The van der Waals surface area contributed by atoms with E-state index in [0.717, 1.165) is 19.4 Å². The quantitative estimate of drug-likeness (QED) is 0.864. The van der Waals surface area contributed by atoms with Crippen LogP contribution in [0, 0.1) is 5.92 Å². The molecule has 0 saturated heterocycles. The minimum Gasteiger partial charge on any atom is -0.396 e. The van der Waals surface area contributed by atoms with E-state index in [-0.39, 0.29) is 5.91 Å². The van der Waals surface area contributed by atoms with Crippen LogP contribution in [0.2, 0.25) is 10.0 Å². The molecule has 0 heterocycles. The molecule has 2 N–H and O–H groups in total. The molecule has 102 valence electrons. The zero-order chi connectivity index (χ0) is 13.6. The van der Waals surface area contributed by atoms with Crippen LogP contribution in [-0.2, 0) is 0 Å². The van der Waals surface area contributed by atoms with Crippen LogP contribution < -0.4 is 5.73 Å². The first-order valence-corrected chi connectivity index (χ1v) is 7.37. The second-order valence-corrected chi connectivity index (χ2v) is 6.30. The molecule has 0 radical (unpaired) electrons. The molecule has 1 aromatic rings. The summed E-state index contributed by atoms with van der Waals surface area (Å²) in [6, 6.07) is 3.64. The van der Waals surface area contributed by atoms with Crippen LogP contribution in [0.1, 0.15) is 36.0 Å². The number of nitrogens with zero attached hydrogens (tertiary/aromatic N) is 1. The van der Waals surface area contributed by atoms with Crippen molar-refractivity contribution in [2.75, 3.05) is 12.3 Å². The molecule has 19 heavy (non-hydrogen) atoms. The van der Waals surface area contributed by atoms with Gasteiger partial charge >= 0.3 is 0 Å². The number of halogens is 2. The minimum absolute atomic E-state index is 0.0261. The van der Waals surface area contributed by atoms with Gasteiger partial charge in [-0.05, 0) is 43.7 Å². The second-order valence-electron chi connectivity index (χ2n) is 5.49. The number of nitrogens with two attached hydrogens (primary N) is 1. The summed E-state index contributed by atoms with van der Waals surface area (Å²) in [5, 5.41) is 0.691. The SMILES string of the molecule is Nc1c(Cl)cc(C(=O)N(CC2CC2)C2CC2)cc1Cl. The van der Waals surface area contributed by atoms with E-state index in [0.29, 0.717) is 33.3 Å². The lowest BCUT2D eigenvalue weighted by Crippen LogP contribution is -2.34. The number of rotatable bonds is 4.